The van der Waals surface area contributed by atoms with Gasteiger partial charge in [-0.1, -0.05) is 60.7 Å². The number of ether oxygens (including phenoxy) is 1. The lowest BCUT2D eigenvalue weighted by Gasteiger charge is -2.47. The Balaban J connectivity index is 1.38. The quantitative estimate of drug-likeness (QED) is 0.480. The lowest BCUT2D eigenvalue weighted by atomic mass is 9.92. The zero-order valence-electron chi connectivity index (χ0n) is 18.4. The molecule has 3 aliphatic rings. The van der Waals surface area contributed by atoms with Crippen molar-refractivity contribution in [1.29, 1.82) is 0 Å². The summed E-state index contributed by atoms with van der Waals surface area (Å²) in [6.07, 6.45) is 2.38. The van der Waals surface area contributed by atoms with Gasteiger partial charge in [-0.15, -0.1) is 0 Å². The molecular weight excluding hydrogens is 397 g/mol. The summed E-state index contributed by atoms with van der Waals surface area (Å²) in [5.41, 5.74) is 6.24. The predicted molar refractivity (Wildman–Crippen MR) is 128 cm³/mol. The van der Waals surface area contributed by atoms with E-state index in [1.54, 1.807) is 0 Å². The van der Waals surface area contributed by atoms with Crippen LogP contribution in [-0.4, -0.2) is 29.4 Å². The molecule has 0 aromatic heterocycles. The van der Waals surface area contributed by atoms with E-state index in [0.29, 0.717) is 6.04 Å². The first kappa shape index (κ1) is 19.1. The molecule has 3 atom stereocenters. The molecule has 3 aromatic carbocycles. The Kier molecular flexibility index (Phi) is 3.95. The molecule has 3 heterocycles. The van der Waals surface area contributed by atoms with Crippen molar-refractivity contribution in [2.45, 2.75) is 42.6 Å². The van der Waals surface area contributed by atoms with Gasteiger partial charge in [-0.3, -0.25) is 0 Å². The molecule has 0 aliphatic carbocycles. The zero-order valence-corrected chi connectivity index (χ0v) is 19.6. The topological polar surface area (TPSA) is 21.7 Å². The summed E-state index contributed by atoms with van der Waals surface area (Å²) in [5.74, 6) is 1.94. The summed E-state index contributed by atoms with van der Waals surface area (Å²) < 4.78 is 13.1. The summed E-state index contributed by atoms with van der Waals surface area (Å²) in [7, 11) is 0. The fraction of sp³-hybridized carbons (Fsp3) is 0.259. The first-order valence-electron chi connectivity index (χ1n) is 11.1. The Hall–Kier alpha value is -2.67. The van der Waals surface area contributed by atoms with Crippen LogP contribution in [0.1, 0.15) is 33.3 Å². The Morgan fingerprint density at radius 3 is 2.48 bits per heavy atom. The van der Waals surface area contributed by atoms with Gasteiger partial charge in [0.2, 0.25) is 0 Å². The van der Waals surface area contributed by atoms with Gasteiger partial charge < -0.3 is 13.4 Å². The molecule has 1 fully saturated rings. The normalized spacial score (nSPS) is 27.6. The Bertz CT molecular complexity index is 1220. The van der Waals surface area contributed by atoms with Gasteiger partial charge in [-0.05, 0) is 62.6 Å². The molecule has 3 aliphatic heterocycles. The van der Waals surface area contributed by atoms with Crippen molar-refractivity contribution in [3.05, 3.63) is 84.4 Å². The number of allylic oxidation sites excluding steroid dienone is 1. The van der Waals surface area contributed by atoms with Crippen molar-refractivity contribution < 1.29 is 8.53 Å². The minimum atomic E-state index is -1.79. The van der Waals surface area contributed by atoms with E-state index in [0.717, 1.165) is 11.5 Å². The summed E-state index contributed by atoms with van der Waals surface area (Å²) in [6.45, 7) is 9.08. The van der Waals surface area contributed by atoms with Gasteiger partial charge in [0.1, 0.15) is 10.2 Å². The van der Waals surface area contributed by atoms with Gasteiger partial charge in [0.15, 0.2) is 0 Å². The number of rotatable bonds is 3. The molecule has 154 valence electrons. The lowest BCUT2D eigenvalue weighted by Crippen LogP contribution is -2.52. The van der Waals surface area contributed by atoms with Crippen LogP contribution in [0.2, 0.25) is 0 Å². The highest BCUT2D eigenvalue weighted by Crippen LogP contribution is 2.62. The van der Waals surface area contributed by atoms with Crippen LogP contribution in [0, 0.1) is 0 Å². The maximum Gasteiger partial charge on any atom is 0.627 e. The molecule has 3 unspecified atom stereocenters. The van der Waals surface area contributed by atoms with Crippen LogP contribution in [0.4, 0.5) is 5.69 Å². The van der Waals surface area contributed by atoms with Gasteiger partial charge in [-0.2, -0.15) is 0 Å². The van der Waals surface area contributed by atoms with Crippen LogP contribution in [0.25, 0.3) is 16.7 Å². The largest absolute Gasteiger partial charge is 0.640 e. The number of para-hydroxylation sites is 1. The molecular formula is C27H26AlNO2. The maximum absolute atomic E-state index is 6.79. The lowest BCUT2D eigenvalue weighted by molar-refractivity contribution is 0.165. The smallest absolute Gasteiger partial charge is 0.627 e. The van der Waals surface area contributed by atoms with Crippen molar-refractivity contribution >= 4 is 25.7 Å². The minimum Gasteiger partial charge on any atom is -0.640 e. The van der Waals surface area contributed by atoms with Crippen molar-refractivity contribution in [2.24, 2.45) is 0 Å². The van der Waals surface area contributed by atoms with Crippen LogP contribution in [0.15, 0.2) is 78.9 Å². The average molecular weight is 423 g/mol. The van der Waals surface area contributed by atoms with Crippen LogP contribution >= 0.6 is 0 Å². The second-order valence-corrected chi connectivity index (χ2v) is 12.6. The average Bonchev–Trinajstić information content (AvgIpc) is 3.25. The Morgan fingerprint density at radius 1 is 0.935 bits per heavy atom. The molecule has 31 heavy (non-hydrogen) atoms. The molecule has 0 spiro atoms. The maximum atomic E-state index is 6.79. The number of hydrogen-bond acceptors (Lipinski definition) is 3. The second-order valence-electron chi connectivity index (χ2n) is 9.36. The molecule has 3 aromatic rings. The minimum absolute atomic E-state index is 0.102. The SMILES string of the molecule is CC1=CC(C)N2c3c(cccc31)O[C]1(C)[Al]([O]c3cccc(-c4ccccc4)c3)[C]21C. The van der Waals surface area contributed by atoms with Crippen molar-refractivity contribution in [1.82, 2.24) is 0 Å². The molecule has 1 saturated heterocycles. The molecule has 6 rings (SSSR count). The Morgan fingerprint density at radius 2 is 1.68 bits per heavy atom. The Labute approximate surface area is 188 Å². The fourth-order valence-electron chi connectivity index (χ4n) is 5.75. The van der Waals surface area contributed by atoms with E-state index in [1.165, 1.54) is 28.0 Å². The van der Waals surface area contributed by atoms with Gasteiger partial charge >= 0.3 is 14.5 Å². The van der Waals surface area contributed by atoms with E-state index in [-0.39, 0.29) is 8.86 Å². The molecule has 0 amide bonds. The van der Waals surface area contributed by atoms with Crippen LogP contribution in [0.3, 0.4) is 0 Å². The van der Waals surface area contributed by atoms with Crippen molar-refractivity contribution in [2.75, 3.05) is 4.90 Å². The third kappa shape index (κ3) is 2.53. The summed E-state index contributed by atoms with van der Waals surface area (Å²) in [6, 6.07) is 25.7. The number of benzene rings is 3. The third-order valence-corrected chi connectivity index (χ3v) is 11.3. The summed E-state index contributed by atoms with van der Waals surface area (Å²) >= 11 is -1.79. The summed E-state index contributed by atoms with van der Waals surface area (Å²) in [4.78, 5) is 2.59. The number of hydrogen-bond donors (Lipinski definition) is 0. The third-order valence-electron chi connectivity index (χ3n) is 7.51. The molecule has 3 nitrogen and oxygen atoms in total. The van der Waals surface area contributed by atoms with Gasteiger partial charge in [-0.25, -0.2) is 0 Å². The van der Waals surface area contributed by atoms with E-state index in [2.05, 4.69) is 105 Å². The van der Waals surface area contributed by atoms with Gasteiger partial charge in [0, 0.05) is 11.6 Å². The van der Waals surface area contributed by atoms with Crippen molar-refractivity contribution in [3.63, 3.8) is 0 Å². The second kappa shape index (κ2) is 6.42. The zero-order chi connectivity index (χ0) is 21.4. The highest BCUT2D eigenvalue weighted by atomic mass is 27.2. The fourth-order valence-corrected chi connectivity index (χ4v) is 9.28. The molecule has 0 N–H and O–H groups in total. The first-order valence-corrected chi connectivity index (χ1v) is 12.7. The van der Waals surface area contributed by atoms with Crippen molar-refractivity contribution in [3.8, 4) is 22.6 Å². The molecule has 0 bridgehead atoms. The van der Waals surface area contributed by atoms with E-state index in [1.807, 2.05) is 6.07 Å². The van der Waals surface area contributed by atoms with Crippen LogP contribution in [0.5, 0.6) is 11.5 Å². The van der Waals surface area contributed by atoms with E-state index >= 15 is 0 Å². The standard InChI is InChI=1S/C15H17NO.C12H10O.Al/c1-9-8-10(2)16-11(3)12(4)17-14-7-5-6-13(9)15(14)16;13-12-8-4-7-11(9-12)10-5-2-1-3-6-10;/h5-8,10H,1-4H3;1-9,13H;/q;;+1/p-1. The number of fused-ring (bicyclic) bond motifs is 2. The van der Waals surface area contributed by atoms with Gasteiger partial charge in [0.25, 0.3) is 0 Å². The highest BCUT2D eigenvalue weighted by Gasteiger charge is 2.89. The van der Waals surface area contributed by atoms with Gasteiger partial charge in [0.05, 0.1) is 15.8 Å². The first-order chi connectivity index (χ1) is 14.9. The molecule has 4 heteroatoms. The predicted octanol–water partition coefficient (Wildman–Crippen LogP) is 6.04. The number of anilines is 1. The molecule has 0 radical (unpaired) electrons. The highest BCUT2D eigenvalue weighted by molar-refractivity contribution is 6.75. The molecule has 0 saturated carbocycles. The van der Waals surface area contributed by atoms with E-state index < -0.39 is 14.5 Å². The van der Waals surface area contributed by atoms with E-state index in [9.17, 15) is 0 Å². The number of nitrogens with zero attached hydrogens (tertiary/aromatic N) is 1. The monoisotopic (exact) mass is 423 g/mol. The van der Waals surface area contributed by atoms with Crippen LogP contribution < -0.4 is 13.4 Å². The van der Waals surface area contributed by atoms with Crippen LogP contribution in [-0.2, 0) is 0 Å². The van der Waals surface area contributed by atoms with E-state index in [4.69, 9.17) is 8.53 Å². The summed E-state index contributed by atoms with van der Waals surface area (Å²) in [5, 5.41) is 0.